The van der Waals surface area contributed by atoms with Gasteiger partial charge in [-0.25, -0.2) is 13.4 Å². The van der Waals surface area contributed by atoms with E-state index in [9.17, 15) is 23.3 Å². The van der Waals surface area contributed by atoms with Crippen LogP contribution in [0.2, 0.25) is 5.02 Å². The largest absolute Gasteiger partial charge is 0.298 e. The Morgan fingerprint density at radius 1 is 1.18 bits per heavy atom. The monoisotopic (exact) mass is 438 g/mol. The molecule has 144 valence electrons. The molecule has 0 aliphatic carbocycles. The second-order valence-corrected chi connectivity index (χ2v) is 8.39. The molecule has 1 amide bonds. The molecule has 1 heterocycles. The quantitative estimate of drug-likeness (QED) is 0.445. The van der Waals surface area contributed by atoms with Gasteiger partial charge in [0.1, 0.15) is 0 Å². The van der Waals surface area contributed by atoms with Crippen molar-refractivity contribution in [2.75, 3.05) is 10.0 Å². The summed E-state index contributed by atoms with van der Waals surface area (Å²) < 4.78 is 27.6. The molecule has 0 aliphatic heterocycles. The van der Waals surface area contributed by atoms with Gasteiger partial charge in [-0.1, -0.05) is 11.6 Å². The van der Waals surface area contributed by atoms with E-state index in [0.29, 0.717) is 5.02 Å². The molecule has 0 aliphatic rings. The first-order valence-electron chi connectivity index (χ1n) is 7.53. The van der Waals surface area contributed by atoms with Crippen molar-refractivity contribution in [2.24, 2.45) is 0 Å². The van der Waals surface area contributed by atoms with E-state index in [1.54, 1.807) is 5.38 Å². The standard InChI is InChI=1S/C16H11ClN4O5S2/c17-11-1-3-12(4-2-11)20-28(25,26)14-8-10(7-13(9-14)21(23)24)15(22)19-16-18-5-6-27-16/h1-9,20H,(H,18,19,22). The zero-order valence-electron chi connectivity index (χ0n) is 13.8. The fourth-order valence-electron chi connectivity index (χ4n) is 2.16. The Kier molecular flexibility index (Phi) is 5.58. The Morgan fingerprint density at radius 3 is 2.50 bits per heavy atom. The van der Waals surface area contributed by atoms with Gasteiger partial charge in [-0.15, -0.1) is 11.3 Å². The number of benzene rings is 2. The lowest BCUT2D eigenvalue weighted by Crippen LogP contribution is -2.16. The number of non-ortho nitro benzene ring substituents is 1. The van der Waals surface area contributed by atoms with Crippen LogP contribution in [0.3, 0.4) is 0 Å². The molecule has 0 bridgehead atoms. The molecule has 0 atom stereocenters. The van der Waals surface area contributed by atoms with E-state index in [0.717, 1.165) is 29.5 Å². The second kappa shape index (κ2) is 7.92. The summed E-state index contributed by atoms with van der Waals surface area (Å²) in [5.74, 6) is -0.721. The van der Waals surface area contributed by atoms with Crippen LogP contribution in [-0.4, -0.2) is 24.2 Å². The predicted octanol–water partition coefficient (Wildman–Crippen LogP) is 3.76. The number of hydrogen-bond donors (Lipinski definition) is 2. The number of carbonyl (C=O) groups excluding carboxylic acids is 1. The van der Waals surface area contributed by atoms with Gasteiger partial charge >= 0.3 is 0 Å². The van der Waals surface area contributed by atoms with Crippen LogP contribution in [0.25, 0.3) is 0 Å². The molecule has 2 N–H and O–H groups in total. The minimum atomic E-state index is -4.19. The molecular formula is C16H11ClN4O5S2. The lowest BCUT2D eigenvalue weighted by molar-refractivity contribution is -0.385. The van der Waals surface area contributed by atoms with Crippen molar-refractivity contribution in [3.63, 3.8) is 0 Å². The summed E-state index contributed by atoms with van der Waals surface area (Å²) in [5, 5.41) is 16.0. The summed E-state index contributed by atoms with van der Waals surface area (Å²) in [6, 6.07) is 8.76. The molecule has 0 unspecified atom stereocenters. The van der Waals surface area contributed by atoms with Gasteiger partial charge in [-0.2, -0.15) is 0 Å². The Hall–Kier alpha value is -3.02. The maximum Gasteiger partial charge on any atom is 0.271 e. The summed E-state index contributed by atoms with van der Waals surface area (Å²) in [4.78, 5) is 26.2. The number of halogens is 1. The molecule has 28 heavy (non-hydrogen) atoms. The molecular weight excluding hydrogens is 428 g/mol. The molecule has 9 nitrogen and oxygen atoms in total. The molecule has 2 aromatic carbocycles. The van der Waals surface area contributed by atoms with Crippen LogP contribution in [0.4, 0.5) is 16.5 Å². The molecule has 1 aromatic heterocycles. The summed E-state index contributed by atoms with van der Waals surface area (Å²) in [6.45, 7) is 0. The Balaban J connectivity index is 1.97. The number of rotatable bonds is 6. The smallest absolute Gasteiger partial charge is 0.271 e. The number of nitro benzene ring substituents is 1. The van der Waals surface area contributed by atoms with Gasteiger partial charge in [-0.3, -0.25) is 24.9 Å². The number of anilines is 2. The van der Waals surface area contributed by atoms with Gasteiger partial charge in [0.25, 0.3) is 21.6 Å². The predicted molar refractivity (Wildman–Crippen MR) is 105 cm³/mol. The number of sulfonamides is 1. The zero-order valence-corrected chi connectivity index (χ0v) is 16.2. The van der Waals surface area contributed by atoms with E-state index in [4.69, 9.17) is 11.6 Å². The van der Waals surface area contributed by atoms with E-state index in [1.807, 2.05) is 0 Å². The van der Waals surface area contributed by atoms with Crippen LogP contribution >= 0.6 is 22.9 Å². The molecule has 0 spiro atoms. The summed E-state index contributed by atoms with van der Waals surface area (Å²) >= 11 is 6.92. The number of nitrogens with one attached hydrogen (secondary N) is 2. The number of nitro groups is 1. The molecule has 0 saturated carbocycles. The van der Waals surface area contributed by atoms with E-state index >= 15 is 0 Å². The Morgan fingerprint density at radius 2 is 1.89 bits per heavy atom. The van der Waals surface area contributed by atoms with E-state index in [2.05, 4.69) is 15.0 Å². The highest BCUT2D eigenvalue weighted by molar-refractivity contribution is 7.92. The van der Waals surface area contributed by atoms with Crippen LogP contribution in [0.1, 0.15) is 10.4 Å². The van der Waals surface area contributed by atoms with Gasteiger partial charge in [0.05, 0.1) is 9.82 Å². The van der Waals surface area contributed by atoms with Gasteiger partial charge in [0.2, 0.25) is 0 Å². The second-order valence-electron chi connectivity index (χ2n) is 5.38. The lowest BCUT2D eigenvalue weighted by Gasteiger charge is -2.10. The zero-order chi connectivity index (χ0) is 20.3. The lowest BCUT2D eigenvalue weighted by atomic mass is 10.2. The molecule has 3 aromatic rings. The highest BCUT2D eigenvalue weighted by Gasteiger charge is 2.22. The van der Waals surface area contributed by atoms with Crippen LogP contribution in [0, 0.1) is 10.1 Å². The summed E-state index contributed by atoms with van der Waals surface area (Å²) in [7, 11) is -4.19. The number of carbonyl (C=O) groups is 1. The normalized spacial score (nSPS) is 11.0. The maximum absolute atomic E-state index is 12.6. The SMILES string of the molecule is O=C(Nc1nccs1)c1cc([N+](=O)[O-])cc(S(=O)(=O)Nc2ccc(Cl)cc2)c1. The Labute approximate surface area is 168 Å². The summed E-state index contributed by atoms with van der Waals surface area (Å²) in [6.07, 6.45) is 1.47. The van der Waals surface area contributed by atoms with Crippen LogP contribution in [0.15, 0.2) is 58.9 Å². The topological polar surface area (TPSA) is 131 Å². The van der Waals surface area contributed by atoms with Gasteiger partial charge in [0, 0.05) is 40.0 Å². The molecule has 0 fully saturated rings. The van der Waals surface area contributed by atoms with Crippen molar-refractivity contribution in [2.45, 2.75) is 4.90 Å². The van der Waals surface area contributed by atoms with Crippen molar-refractivity contribution in [3.05, 3.63) is 74.7 Å². The van der Waals surface area contributed by atoms with Crippen molar-refractivity contribution in [3.8, 4) is 0 Å². The molecule has 0 radical (unpaired) electrons. The third-order valence-corrected chi connectivity index (χ3v) is 5.73. The minimum absolute atomic E-state index is 0.194. The first kappa shape index (κ1) is 19.7. The highest BCUT2D eigenvalue weighted by atomic mass is 35.5. The average molecular weight is 439 g/mol. The number of thiazole rings is 1. The van der Waals surface area contributed by atoms with E-state index in [1.165, 1.54) is 30.5 Å². The minimum Gasteiger partial charge on any atom is -0.298 e. The fraction of sp³-hybridized carbons (Fsp3) is 0. The third-order valence-electron chi connectivity index (χ3n) is 3.42. The molecule has 0 saturated heterocycles. The van der Waals surface area contributed by atoms with Crippen molar-refractivity contribution in [1.29, 1.82) is 0 Å². The molecule has 3 rings (SSSR count). The maximum atomic E-state index is 12.6. The van der Waals surface area contributed by atoms with Crippen LogP contribution in [-0.2, 0) is 10.0 Å². The fourth-order valence-corrected chi connectivity index (χ4v) is 3.93. The van der Waals surface area contributed by atoms with Crippen LogP contribution in [0.5, 0.6) is 0 Å². The van der Waals surface area contributed by atoms with Crippen molar-refractivity contribution >= 4 is 55.4 Å². The van der Waals surface area contributed by atoms with Gasteiger partial charge in [-0.05, 0) is 30.3 Å². The first-order chi connectivity index (χ1) is 13.2. The molecule has 12 heteroatoms. The number of amides is 1. The summed E-state index contributed by atoms with van der Waals surface area (Å²) in [5.41, 5.74) is -0.520. The van der Waals surface area contributed by atoms with Crippen LogP contribution < -0.4 is 10.0 Å². The number of aromatic nitrogens is 1. The average Bonchev–Trinajstić information content (AvgIpc) is 3.16. The van der Waals surface area contributed by atoms with Gasteiger partial charge in [0.15, 0.2) is 5.13 Å². The first-order valence-corrected chi connectivity index (χ1v) is 10.3. The van der Waals surface area contributed by atoms with E-state index < -0.39 is 31.4 Å². The van der Waals surface area contributed by atoms with E-state index in [-0.39, 0.29) is 16.4 Å². The number of nitrogens with zero attached hydrogens (tertiary/aromatic N) is 2. The van der Waals surface area contributed by atoms with Gasteiger partial charge < -0.3 is 0 Å². The number of hydrogen-bond acceptors (Lipinski definition) is 7. The third kappa shape index (κ3) is 4.63. The Bertz CT molecular complexity index is 1130. The van der Waals surface area contributed by atoms with Crippen molar-refractivity contribution < 1.29 is 18.1 Å². The highest BCUT2D eigenvalue weighted by Crippen LogP contribution is 2.24. The van der Waals surface area contributed by atoms with Crippen molar-refractivity contribution in [1.82, 2.24) is 4.98 Å².